The maximum atomic E-state index is 13.7. The molecule has 0 aliphatic carbocycles. The molecule has 2 N–H and O–H groups in total. The van der Waals surface area contributed by atoms with Crippen molar-refractivity contribution in [3.8, 4) is 0 Å². The van der Waals surface area contributed by atoms with Crippen LogP contribution in [0.25, 0.3) is 0 Å². The van der Waals surface area contributed by atoms with Crippen LogP contribution < -0.4 is 5.73 Å². The first-order valence-corrected chi connectivity index (χ1v) is 5.61. The van der Waals surface area contributed by atoms with Crippen molar-refractivity contribution in [3.63, 3.8) is 0 Å². The fourth-order valence-electron chi connectivity index (χ4n) is 1.88. The number of halogens is 1. The molecule has 0 spiro atoms. The molecule has 7 nitrogen and oxygen atoms in total. The average molecular weight is 269 g/mol. The first-order valence-electron chi connectivity index (χ1n) is 5.61. The Bertz CT molecular complexity index is 529. The molecule has 1 saturated heterocycles. The number of nitrogen functional groups attached to an aromatic ring is 1. The van der Waals surface area contributed by atoms with Crippen LogP contribution in [0, 0.1) is 15.9 Å². The predicted octanol–water partition coefficient (Wildman–Crippen LogP) is 0.788. The molecule has 0 unspecified atom stereocenters. The van der Waals surface area contributed by atoms with Gasteiger partial charge in [-0.05, 0) is 6.07 Å². The molecule has 0 bridgehead atoms. The van der Waals surface area contributed by atoms with Crippen LogP contribution in [0.1, 0.15) is 10.4 Å². The third-order valence-corrected chi connectivity index (χ3v) is 2.88. The Morgan fingerprint density at radius 1 is 1.42 bits per heavy atom. The Kier molecular flexibility index (Phi) is 3.61. The van der Waals surface area contributed by atoms with E-state index in [0.717, 1.165) is 12.1 Å². The van der Waals surface area contributed by atoms with E-state index in [0.29, 0.717) is 26.3 Å². The molecule has 19 heavy (non-hydrogen) atoms. The van der Waals surface area contributed by atoms with Gasteiger partial charge in [-0.15, -0.1) is 0 Å². The zero-order valence-electron chi connectivity index (χ0n) is 9.97. The highest BCUT2D eigenvalue weighted by atomic mass is 19.1. The summed E-state index contributed by atoms with van der Waals surface area (Å²) in [4.78, 5) is 23.5. The summed E-state index contributed by atoms with van der Waals surface area (Å²) in [7, 11) is 0. The molecular formula is C11H12FN3O4. The highest BCUT2D eigenvalue weighted by Gasteiger charge is 2.28. The van der Waals surface area contributed by atoms with Gasteiger partial charge in [-0.25, -0.2) is 4.39 Å². The van der Waals surface area contributed by atoms with Crippen molar-refractivity contribution < 1.29 is 18.8 Å². The minimum atomic E-state index is -0.861. The number of nitro benzene ring substituents is 1. The molecule has 0 atom stereocenters. The number of hydrogen-bond donors (Lipinski definition) is 1. The van der Waals surface area contributed by atoms with Crippen LogP contribution in [0.15, 0.2) is 12.1 Å². The van der Waals surface area contributed by atoms with Gasteiger partial charge in [-0.2, -0.15) is 0 Å². The molecular weight excluding hydrogens is 257 g/mol. The van der Waals surface area contributed by atoms with E-state index in [2.05, 4.69) is 0 Å². The maximum Gasteiger partial charge on any atom is 0.293 e. The summed E-state index contributed by atoms with van der Waals surface area (Å²) in [5.74, 6) is -1.51. The number of nitrogens with zero attached hydrogens (tertiary/aromatic N) is 2. The van der Waals surface area contributed by atoms with Crippen molar-refractivity contribution in [3.05, 3.63) is 33.6 Å². The van der Waals surface area contributed by atoms with Crippen molar-refractivity contribution in [1.82, 2.24) is 4.90 Å². The van der Waals surface area contributed by atoms with Gasteiger partial charge in [-0.1, -0.05) is 0 Å². The zero-order chi connectivity index (χ0) is 14.0. The molecule has 0 saturated carbocycles. The van der Waals surface area contributed by atoms with Crippen molar-refractivity contribution in [2.24, 2.45) is 0 Å². The average Bonchev–Trinajstić information content (AvgIpc) is 2.39. The fourth-order valence-corrected chi connectivity index (χ4v) is 1.88. The number of benzene rings is 1. The maximum absolute atomic E-state index is 13.7. The van der Waals surface area contributed by atoms with Gasteiger partial charge in [0, 0.05) is 19.2 Å². The van der Waals surface area contributed by atoms with Crippen LogP contribution >= 0.6 is 0 Å². The molecule has 1 heterocycles. The fraction of sp³-hybridized carbons (Fsp3) is 0.364. The first-order chi connectivity index (χ1) is 9.02. The molecule has 1 aromatic carbocycles. The van der Waals surface area contributed by atoms with Crippen LogP contribution in [-0.4, -0.2) is 42.0 Å². The highest BCUT2D eigenvalue weighted by Crippen LogP contribution is 2.28. The van der Waals surface area contributed by atoms with E-state index >= 15 is 0 Å². The number of hydrogen-bond acceptors (Lipinski definition) is 5. The van der Waals surface area contributed by atoms with Crippen molar-refractivity contribution in [2.45, 2.75) is 0 Å². The van der Waals surface area contributed by atoms with Crippen molar-refractivity contribution in [1.29, 1.82) is 0 Å². The van der Waals surface area contributed by atoms with Crippen LogP contribution in [0.5, 0.6) is 0 Å². The second-order valence-electron chi connectivity index (χ2n) is 4.02. The molecule has 1 aliphatic heterocycles. The Morgan fingerprint density at radius 3 is 2.63 bits per heavy atom. The van der Waals surface area contributed by atoms with E-state index in [1.807, 2.05) is 0 Å². The lowest BCUT2D eigenvalue weighted by atomic mass is 10.1. The molecule has 1 aromatic rings. The molecule has 0 aromatic heterocycles. The lowest BCUT2D eigenvalue weighted by Crippen LogP contribution is -2.41. The first kappa shape index (κ1) is 13.2. The molecule has 1 fully saturated rings. The van der Waals surface area contributed by atoms with E-state index in [9.17, 15) is 19.3 Å². The van der Waals surface area contributed by atoms with Gasteiger partial charge in [-0.3, -0.25) is 14.9 Å². The third-order valence-electron chi connectivity index (χ3n) is 2.88. The minimum Gasteiger partial charge on any atom is -0.392 e. The van der Waals surface area contributed by atoms with Crippen molar-refractivity contribution in [2.75, 3.05) is 32.0 Å². The van der Waals surface area contributed by atoms with Gasteiger partial charge in [0.05, 0.1) is 18.1 Å². The number of carbonyl (C=O) groups excluding carboxylic acids is 1. The van der Waals surface area contributed by atoms with E-state index in [4.69, 9.17) is 10.5 Å². The number of anilines is 1. The highest BCUT2D eigenvalue weighted by molar-refractivity contribution is 6.01. The summed E-state index contributed by atoms with van der Waals surface area (Å²) in [5, 5.41) is 10.7. The standard InChI is InChI=1S/C11H12FN3O4/c12-7-1-2-8(15(17)18)10(13)9(7)11(16)14-3-5-19-6-4-14/h1-2H,3-6,13H2. The minimum absolute atomic E-state index is 0.306. The molecule has 1 amide bonds. The summed E-state index contributed by atoms with van der Waals surface area (Å²) in [6.45, 7) is 1.31. The molecule has 1 aliphatic rings. The van der Waals surface area contributed by atoms with E-state index in [1.165, 1.54) is 4.90 Å². The second kappa shape index (κ2) is 5.19. The molecule has 0 radical (unpaired) electrons. The smallest absolute Gasteiger partial charge is 0.293 e. The Hall–Kier alpha value is -2.22. The summed E-state index contributed by atoms with van der Waals surface area (Å²) in [6.07, 6.45) is 0. The van der Waals surface area contributed by atoms with E-state index in [-0.39, 0.29) is 0 Å². The van der Waals surface area contributed by atoms with Gasteiger partial charge in [0.15, 0.2) is 0 Å². The number of amides is 1. The lowest BCUT2D eigenvalue weighted by Gasteiger charge is -2.27. The summed E-state index contributed by atoms with van der Waals surface area (Å²) in [5.41, 5.74) is 4.17. The van der Waals surface area contributed by atoms with Crippen LogP contribution in [0.3, 0.4) is 0 Å². The zero-order valence-corrected chi connectivity index (χ0v) is 9.97. The SMILES string of the molecule is Nc1c([N+](=O)[O-])ccc(F)c1C(=O)N1CCOCC1. The number of ether oxygens (including phenoxy) is 1. The summed E-state index contributed by atoms with van der Waals surface area (Å²) >= 11 is 0. The number of carbonyl (C=O) groups is 1. The molecule has 102 valence electrons. The summed E-state index contributed by atoms with van der Waals surface area (Å²) in [6, 6.07) is 1.82. The van der Waals surface area contributed by atoms with Crippen LogP contribution in [0.2, 0.25) is 0 Å². The quantitative estimate of drug-likeness (QED) is 0.486. The third kappa shape index (κ3) is 2.48. The number of nitrogens with two attached hydrogens (primary N) is 1. The number of morpholine rings is 1. The monoisotopic (exact) mass is 269 g/mol. The van der Waals surface area contributed by atoms with E-state index in [1.54, 1.807) is 0 Å². The van der Waals surface area contributed by atoms with Gasteiger partial charge >= 0.3 is 0 Å². The topological polar surface area (TPSA) is 98.7 Å². The number of nitro groups is 1. The largest absolute Gasteiger partial charge is 0.392 e. The summed E-state index contributed by atoms with van der Waals surface area (Å²) < 4.78 is 18.8. The Balaban J connectivity index is 2.40. The normalized spacial score (nSPS) is 15.3. The van der Waals surface area contributed by atoms with Crippen molar-refractivity contribution >= 4 is 17.3 Å². The van der Waals surface area contributed by atoms with Gasteiger partial charge in [0.25, 0.3) is 11.6 Å². The molecule has 2 rings (SSSR count). The van der Waals surface area contributed by atoms with Gasteiger partial charge in [0.1, 0.15) is 17.1 Å². The van der Waals surface area contributed by atoms with Gasteiger partial charge in [0.2, 0.25) is 0 Å². The van der Waals surface area contributed by atoms with E-state index < -0.39 is 33.6 Å². The van der Waals surface area contributed by atoms with Gasteiger partial charge < -0.3 is 15.4 Å². The Labute approximate surface area is 107 Å². The van der Waals surface area contributed by atoms with Crippen LogP contribution in [0.4, 0.5) is 15.8 Å². The predicted molar refractivity (Wildman–Crippen MR) is 64.2 cm³/mol. The Morgan fingerprint density at radius 2 is 2.05 bits per heavy atom. The number of rotatable bonds is 2. The second-order valence-corrected chi connectivity index (χ2v) is 4.02. The molecule has 8 heteroatoms. The lowest BCUT2D eigenvalue weighted by molar-refractivity contribution is -0.384. The van der Waals surface area contributed by atoms with Crippen LogP contribution in [-0.2, 0) is 4.74 Å².